The van der Waals surface area contributed by atoms with Crippen LogP contribution in [0.5, 0.6) is 0 Å². The zero-order valence-corrected chi connectivity index (χ0v) is 10.5. The normalized spacial score (nSPS) is 11.1. The summed E-state index contributed by atoms with van der Waals surface area (Å²) in [6.45, 7) is 4.55. The van der Waals surface area contributed by atoms with E-state index in [9.17, 15) is 8.42 Å². The summed E-state index contributed by atoms with van der Waals surface area (Å²) in [5, 5.41) is 0. The molecule has 0 aromatic carbocycles. The number of rotatable bonds is 10. The first-order valence-electron chi connectivity index (χ1n) is 5.66. The maximum absolute atomic E-state index is 11.1. The topological polar surface area (TPSA) is 52.6 Å². The molecule has 0 atom stereocenters. The average Bonchev–Trinajstić information content (AvgIpc) is 2.20. The summed E-state index contributed by atoms with van der Waals surface area (Å²) in [6, 6.07) is 0. The highest BCUT2D eigenvalue weighted by Gasteiger charge is 2.10. The maximum atomic E-state index is 11.1. The van der Waals surface area contributed by atoms with Crippen molar-refractivity contribution in [1.82, 2.24) is 0 Å². The van der Waals surface area contributed by atoms with Crippen molar-refractivity contribution < 1.29 is 16.8 Å². The van der Waals surface area contributed by atoms with Crippen LogP contribution in [0.15, 0.2) is 0 Å². The van der Waals surface area contributed by atoms with E-state index in [0.29, 0.717) is 0 Å². The van der Waals surface area contributed by atoms with Gasteiger partial charge in [0.1, 0.15) is 0 Å². The van der Waals surface area contributed by atoms with Gasteiger partial charge in [-0.25, -0.2) is 8.37 Å². The summed E-state index contributed by atoms with van der Waals surface area (Å²) >= 11 is 0. The van der Waals surface area contributed by atoms with Crippen molar-refractivity contribution >= 4 is 10.4 Å². The molecular weight excluding hydrogens is 228 g/mol. The molecule has 0 N–H and O–H groups in total. The molecule has 0 saturated heterocycles. The van der Waals surface area contributed by atoms with Gasteiger partial charge in [0.15, 0.2) is 0 Å². The Balaban J connectivity index is 0. The second kappa shape index (κ2) is 11.4. The highest BCUT2D eigenvalue weighted by atomic mass is 32.3. The van der Waals surface area contributed by atoms with Crippen LogP contribution in [0.4, 0.5) is 0 Å². The zero-order chi connectivity index (χ0) is 11.6. The molecule has 100 valence electrons. The first-order valence-corrected chi connectivity index (χ1v) is 6.99. The van der Waals surface area contributed by atoms with E-state index in [0.717, 1.165) is 38.5 Å². The molecule has 0 aliphatic rings. The Hall–Kier alpha value is -0.130. The van der Waals surface area contributed by atoms with Gasteiger partial charge < -0.3 is 0 Å². The van der Waals surface area contributed by atoms with E-state index in [-0.39, 0.29) is 20.6 Å². The smallest absolute Gasteiger partial charge is 0.248 e. The van der Waals surface area contributed by atoms with Gasteiger partial charge in [0.25, 0.3) is 0 Å². The van der Waals surface area contributed by atoms with Crippen molar-refractivity contribution in [2.45, 2.75) is 59.8 Å². The fourth-order valence-corrected chi connectivity index (χ4v) is 1.77. The van der Waals surface area contributed by atoms with Gasteiger partial charge in [0.05, 0.1) is 13.2 Å². The Morgan fingerprint density at radius 2 is 1.19 bits per heavy atom. The summed E-state index contributed by atoms with van der Waals surface area (Å²) < 4.78 is 31.5. The Bertz CT molecular complexity index is 206. The molecule has 16 heavy (non-hydrogen) atoms. The zero-order valence-electron chi connectivity index (χ0n) is 9.70. The third-order valence-electron chi connectivity index (χ3n) is 1.95. The van der Waals surface area contributed by atoms with Crippen LogP contribution in [0, 0.1) is 0 Å². The van der Waals surface area contributed by atoms with Crippen LogP contribution in [0.25, 0.3) is 0 Å². The minimum absolute atomic E-state index is 0. The maximum Gasteiger partial charge on any atom is 0.399 e. The van der Waals surface area contributed by atoms with Gasteiger partial charge >= 0.3 is 10.4 Å². The lowest BCUT2D eigenvalue weighted by atomic mass is 10.3. The molecule has 0 bridgehead atoms. The molecule has 0 rings (SSSR count). The largest absolute Gasteiger partial charge is 0.399 e. The molecule has 0 unspecified atom stereocenters. The Morgan fingerprint density at radius 1 is 0.812 bits per heavy atom. The summed E-state index contributed by atoms with van der Waals surface area (Å²) in [5.41, 5.74) is 0. The second-order valence-electron chi connectivity index (χ2n) is 3.47. The fraction of sp³-hybridized carbons (Fsp3) is 1.00. The molecule has 0 aliphatic heterocycles. The van der Waals surface area contributed by atoms with Gasteiger partial charge in [0.2, 0.25) is 0 Å². The quantitative estimate of drug-likeness (QED) is 0.561. The molecule has 0 heterocycles. The molecule has 4 nitrogen and oxygen atoms in total. The van der Waals surface area contributed by atoms with E-state index in [1.165, 1.54) is 0 Å². The SMILES string of the molecule is C.CCCCCOS(=O)(=O)OCCCCC. The van der Waals surface area contributed by atoms with Crippen LogP contribution < -0.4 is 0 Å². The van der Waals surface area contributed by atoms with E-state index in [4.69, 9.17) is 0 Å². The number of unbranched alkanes of at least 4 members (excludes halogenated alkanes) is 4. The van der Waals surface area contributed by atoms with Crippen molar-refractivity contribution in [3.05, 3.63) is 0 Å². The molecule has 0 aromatic rings. The Kier molecular flexibility index (Phi) is 12.9. The van der Waals surface area contributed by atoms with E-state index < -0.39 is 10.4 Å². The van der Waals surface area contributed by atoms with Gasteiger partial charge in [-0.05, 0) is 12.8 Å². The van der Waals surface area contributed by atoms with Crippen molar-refractivity contribution in [3.8, 4) is 0 Å². The van der Waals surface area contributed by atoms with Crippen molar-refractivity contribution in [2.24, 2.45) is 0 Å². The highest BCUT2D eigenvalue weighted by molar-refractivity contribution is 7.81. The predicted molar refractivity (Wildman–Crippen MR) is 66.6 cm³/mol. The first kappa shape index (κ1) is 18.2. The monoisotopic (exact) mass is 254 g/mol. The summed E-state index contributed by atoms with van der Waals surface area (Å²) in [6.07, 6.45) is 5.56. The molecule has 0 spiro atoms. The van der Waals surface area contributed by atoms with Gasteiger partial charge in [-0.1, -0.05) is 47.0 Å². The lowest BCUT2D eigenvalue weighted by Gasteiger charge is -2.05. The standard InChI is InChI=1S/C10H22O4S.CH4/c1-3-5-7-9-13-15(11,12)14-10-8-6-4-2;/h3-10H2,1-2H3;1H4. The Labute approximate surface area is 101 Å². The third-order valence-corrected chi connectivity index (χ3v) is 2.86. The van der Waals surface area contributed by atoms with Gasteiger partial charge in [-0.3, -0.25) is 0 Å². The van der Waals surface area contributed by atoms with Crippen molar-refractivity contribution in [2.75, 3.05) is 13.2 Å². The summed E-state index contributed by atoms with van der Waals surface area (Å²) in [5.74, 6) is 0. The van der Waals surface area contributed by atoms with Crippen LogP contribution in [0.1, 0.15) is 59.8 Å². The minimum Gasteiger partial charge on any atom is -0.248 e. The van der Waals surface area contributed by atoms with Crippen LogP contribution in [-0.2, 0) is 18.8 Å². The number of hydrogen-bond donors (Lipinski definition) is 0. The molecular formula is C11H26O4S. The van der Waals surface area contributed by atoms with Crippen molar-refractivity contribution in [3.63, 3.8) is 0 Å². The van der Waals surface area contributed by atoms with Gasteiger partial charge in [-0.15, -0.1) is 0 Å². The molecule has 0 saturated carbocycles. The van der Waals surface area contributed by atoms with Gasteiger partial charge in [0, 0.05) is 0 Å². The lowest BCUT2D eigenvalue weighted by Crippen LogP contribution is -2.12. The summed E-state index contributed by atoms with van der Waals surface area (Å²) in [7, 11) is -3.74. The van der Waals surface area contributed by atoms with Crippen LogP contribution in [0.2, 0.25) is 0 Å². The van der Waals surface area contributed by atoms with E-state index >= 15 is 0 Å². The van der Waals surface area contributed by atoms with Gasteiger partial charge in [-0.2, -0.15) is 8.42 Å². The molecule has 0 aliphatic carbocycles. The van der Waals surface area contributed by atoms with Crippen LogP contribution >= 0.6 is 0 Å². The van der Waals surface area contributed by atoms with Crippen LogP contribution in [-0.4, -0.2) is 21.6 Å². The molecule has 0 aromatic heterocycles. The predicted octanol–water partition coefficient (Wildman–Crippen LogP) is 3.28. The highest BCUT2D eigenvalue weighted by Crippen LogP contribution is 2.03. The summed E-state index contributed by atoms with van der Waals surface area (Å²) in [4.78, 5) is 0. The van der Waals surface area contributed by atoms with E-state index in [1.807, 2.05) is 0 Å². The lowest BCUT2D eigenvalue weighted by molar-refractivity contribution is 0.208. The van der Waals surface area contributed by atoms with E-state index in [2.05, 4.69) is 22.2 Å². The average molecular weight is 254 g/mol. The fourth-order valence-electron chi connectivity index (χ4n) is 1.06. The molecule has 5 heteroatoms. The first-order chi connectivity index (χ1) is 7.12. The number of hydrogen-bond acceptors (Lipinski definition) is 4. The molecule has 0 amide bonds. The van der Waals surface area contributed by atoms with E-state index in [1.54, 1.807) is 0 Å². The Morgan fingerprint density at radius 3 is 1.50 bits per heavy atom. The van der Waals surface area contributed by atoms with Crippen LogP contribution in [0.3, 0.4) is 0 Å². The molecule has 0 radical (unpaired) electrons. The second-order valence-corrected chi connectivity index (χ2v) is 4.75. The third kappa shape index (κ3) is 11.9. The minimum atomic E-state index is -3.74. The molecule has 0 fully saturated rings. The van der Waals surface area contributed by atoms with Crippen molar-refractivity contribution in [1.29, 1.82) is 0 Å².